The fraction of sp³-hybridized carbons (Fsp3) is 0.273. The molecule has 0 aliphatic rings. The lowest BCUT2D eigenvalue weighted by molar-refractivity contribution is 1.07. The Labute approximate surface area is 121 Å². The predicted octanol–water partition coefficient (Wildman–Crippen LogP) is 4.47. The van der Waals surface area contributed by atoms with Crippen LogP contribution >= 0.6 is 43.2 Å². The highest BCUT2D eigenvalue weighted by molar-refractivity contribution is 9.11. The van der Waals surface area contributed by atoms with Crippen LogP contribution in [0.1, 0.15) is 12.6 Å². The highest BCUT2D eigenvalue weighted by Crippen LogP contribution is 2.34. The second-order valence-corrected chi connectivity index (χ2v) is 5.99. The van der Waals surface area contributed by atoms with E-state index in [1.807, 2.05) is 25.3 Å². The molecule has 0 aliphatic heterocycles. The molecule has 0 saturated carbocycles. The molecule has 0 fully saturated rings. The summed E-state index contributed by atoms with van der Waals surface area (Å²) in [5.41, 5.74) is 0.936. The van der Waals surface area contributed by atoms with Gasteiger partial charge in [0.1, 0.15) is 5.82 Å². The molecule has 17 heavy (non-hydrogen) atoms. The molecule has 0 atom stereocenters. The topological polar surface area (TPSA) is 37.8 Å². The average molecular weight is 377 g/mol. The van der Waals surface area contributed by atoms with Gasteiger partial charge in [0.2, 0.25) is 0 Å². The van der Waals surface area contributed by atoms with Crippen molar-refractivity contribution in [3.05, 3.63) is 26.1 Å². The normalized spacial score (nSPS) is 10.6. The van der Waals surface area contributed by atoms with Crippen LogP contribution in [-0.2, 0) is 0 Å². The Morgan fingerprint density at radius 2 is 2.12 bits per heavy atom. The van der Waals surface area contributed by atoms with Crippen LogP contribution in [0, 0.1) is 6.92 Å². The molecule has 0 aliphatic carbocycles. The summed E-state index contributed by atoms with van der Waals surface area (Å²) in [6, 6.07) is 2.01. The second kappa shape index (κ2) is 5.46. The van der Waals surface area contributed by atoms with E-state index in [9.17, 15) is 0 Å². The lowest BCUT2D eigenvalue weighted by Crippen LogP contribution is -2.04. The Morgan fingerprint density at radius 3 is 2.71 bits per heavy atom. The molecule has 3 nitrogen and oxygen atoms in total. The molecule has 0 amide bonds. The van der Waals surface area contributed by atoms with E-state index < -0.39 is 0 Å². The van der Waals surface area contributed by atoms with Gasteiger partial charge in [0.15, 0.2) is 5.82 Å². The predicted molar refractivity (Wildman–Crippen MR) is 79.6 cm³/mol. The molecule has 2 rings (SSSR count). The first-order valence-electron chi connectivity index (χ1n) is 5.14. The molecular weight excluding hydrogens is 366 g/mol. The molecule has 0 bridgehead atoms. The molecule has 0 unspecified atom stereocenters. The zero-order valence-electron chi connectivity index (χ0n) is 9.42. The molecule has 0 saturated heterocycles. The van der Waals surface area contributed by atoms with Gasteiger partial charge in [-0.2, -0.15) is 0 Å². The van der Waals surface area contributed by atoms with Crippen molar-refractivity contribution < 1.29 is 0 Å². The lowest BCUT2D eigenvalue weighted by Gasteiger charge is -2.09. The van der Waals surface area contributed by atoms with Gasteiger partial charge in [-0.3, -0.25) is 0 Å². The zero-order valence-corrected chi connectivity index (χ0v) is 13.4. The lowest BCUT2D eigenvalue weighted by atomic mass is 10.3. The number of thiophene rings is 1. The number of aromatic nitrogens is 2. The van der Waals surface area contributed by atoms with Crippen LogP contribution in [0.4, 0.5) is 5.82 Å². The highest BCUT2D eigenvalue weighted by Gasteiger charge is 2.13. The van der Waals surface area contributed by atoms with Crippen molar-refractivity contribution >= 4 is 49.0 Å². The van der Waals surface area contributed by atoms with Gasteiger partial charge in [0.25, 0.3) is 0 Å². The van der Waals surface area contributed by atoms with Gasteiger partial charge in [0.05, 0.1) is 15.0 Å². The van der Waals surface area contributed by atoms with Crippen molar-refractivity contribution in [2.45, 2.75) is 13.8 Å². The van der Waals surface area contributed by atoms with Crippen LogP contribution in [0.5, 0.6) is 0 Å². The van der Waals surface area contributed by atoms with Crippen molar-refractivity contribution in [1.29, 1.82) is 0 Å². The maximum absolute atomic E-state index is 4.54. The first-order valence-corrected chi connectivity index (χ1v) is 7.61. The minimum atomic E-state index is 0.753. The summed E-state index contributed by atoms with van der Waals surface area (Å²) in [5.74, 6) is 1.60. The maximum atomic E-state index is 4.54. The first-order chi connectivity index (χ1) is 8.13. The van der Waals surface area contributed by atoms with Crippen LogP contribution in [0.3, 0.4) is 0 Å². The SMILES string of the molecule is CCNc1nc(-c2sccc2Br)nc(C)c1Br. The van der Waals surface area contributed by atoms with E-state index >= 15 is 0 Å². The molecule has 6 heteroatoms. The van der Waals surface area contributed by atoms with E-state index in [1.165, 1.54) is 0 Å². The van der Waals surface area contributed by atoms with Gasteiger partial charge in [-0.15, -0.1) is 11.3 Å². The Bertz CT molecular complexity index is 540. The number of halogens is 2. The summed E-state index contributed by atoms with van der Waals surface area (Å²) in [6.45, 7) is 4.85. The van der Waals surface area contributed by atoms with Crippen molar-refractivity contribution in [2.75, 3.05) is 11.9 Å². The number of anilines is 1. The van der Waals surface area contributed by atoms with Crippen LogP contribution in [0.2, 0.25) is 0 Å². The summed E-state index contributed by atoms with van der Waals surface area (Å²) >= 11 is 8.64. The summed E-state index contributed by atoms with van der Waals surface area (Å²) < 4.78 is 1.96. The third-order valence-electron chi connectivity index (χ3n) is 2.18. The molecule has 90 valence electrons. The largest absolute Gasteiger partial charge is 0.369 e. The van der Waals surface area contributed by atoms with E-state index in [0.29, 0.717) is 0 Å². The van der Waals surface area contributed by atoms with Gasteiger partial charge in [-0.1, -0.05) is 0 Å². The molecule has 2 heterocycles. The molecule has 0 spiro atoms. The Hall–Kier alpha value is -0.460. The Balaban J connectivity index is 2.53. The standard InChI is InChI=1S/C11H11Br2N3S/c1-3-14-10-8(13)6(2)15-11(16-10)9-7(12)4-5-17-9/h4-5H,3H2,1-2H3,(H,14,15,16). The summed E-state index contributed by atoms with van der Waals surface area (Å²) in [6.07, 6.45) is 0. The quantitative estimate of drug-likeness (QED) is 0.858. The van der Waals surface area contributed by atoms with Crippen LogP contribution in [0.15, 0.2) is 20.4 Å². The van der Waals surface area contributed by atoms with Crippen molar-refractivity contribution in [3.8, 4) is 10.7 Å². The summed E-state index contributed by atoms with van der Waals surface area (Å²) in [5, 5.41) is 5.25. The smallest absolute Gasteiger partial charge is 0.173 e. The third-order valence-corrected chi connectivity index (χ3v) is 4.96. The zero-order chi connectivity index (χ0) is 12.4. The Morgan fingerprint density at radius 1 is 1.35 bits per heavy atom. The summed E-state index contributed by atoms with van der Waals surface area (Å²) in [7, 11) is 0. The minimum Gasteiger partial charge on any atom is -0.369 e. The van der Waals surface area contributed by atoms with Crippen LogP contribution in [-0.4, -0.2) is 16.5 Å². The number of aryl methyl sites for hydroxylation is 1. The van der Waals surface area contributed by atoms with E-state index in [4.69, 9.17) is 0 Å². The first kappa shape index (κ1) is 13.0. The molecule has 2 aromatic rings. The molecule has 2 aromatic heterocycles. The number of nitrogens with zero attached hydrogens (tertiary/aromatic N) is 2. The van der Waals surface area contributed by atoms with Crippen molar-refractivity contribution in [1.82, 2.24) is 9.97 Å². The highest BCUT2D eigenvalue weighted by atomic mass is 79.9. The molecule has 0 radical (unpaired) electrons. The van der Waals surface area contributed by atoms with Crippen molar-refractivity contribution in [2.24, 2.45) is 0 Å². The monoisotopic (exact) mass is 375 g/mol. The third kappa shape index (κ3) is 2.69. The average Bonchev–Trinajstić information content (AvgIpc) is 2.71. The molecule has 1 N–H and O–H groups in total. The number of nitrogens with one attached hydrogen (secondary N) is 1. The number of hydrogen-bond acceptors (Lipinski definition) is 4. The van der Waals surface area contributed by atoms with Gasteiger partial charge < -0.3 is 5.32 Å². The molecule has 0 aromatic carbocycles. The number of rotatable bonds is 3. The van der Waals surface area contributed by atoms with Gasteiger partial charge in [-0.25, -0.2) is 9.97 Å². The fourth-order valence-corrected chi connectivity index (χ4v) is 3.20. The maximum Gasteiger partial charge on any atom is 0.173 e. The Kier molecular flexibility index (Phi) is 4.17. The minimum absolute atomic E-state index is 0.753. The van der Waals surface area contributed by atoms with Gasteiger partial charge in [-0.05, 0) is 57.2 Å². The van der Waals surface area contributed by atoms with E-state index in [1.54, 1.807) is 11.3 Å². The fourth-order valence-electron chi connectivity index (χ4n) is 1.40. The van der Waals surface area contributed by atoms with Gasteiger partial charge in [0, 0.05) is 11.0 Å². The number of hydrogen-bond donors (Lipinski definition) is 1. The molecular formula is C11H11Br2N3S. The van der Waals surface area contributed by atoms with E-state index in [2.05, 4.69) is 47.1 Å². The van der Waals surface area contributed by atoms with Crippen LogP contribution in [0.25, 0.3) is 10.7 Å². The van der Waals surface area contributed by atoms with E-state index in [-0.39, 0.29) is 0 Å². The second-order valence-electron chi connectivity index (χ2n) is 3.42. The van der Waals surface area contributed by atoms with Crippen molar-refractivity contribution in [3.63, 3.8) is 0 Å². The van der Waals surface area contributed by atoms with Crippen LogP contribution < -0.4 is 5.32 Å². The van der Waals surface area contributed by atoms with Gasteiger partial charge >= 0.3 is 0 Å². The van der Waals surface area contributed by atoms with E-state index in [0.717, 1.165) is 37.7 Å². The summed E-state index contributed by atoms with van der Waals surface area (Å²) in [4.78, 5) is 10.1.